The van der Waals surface area contributed by atoms with Crippen molar-refractivity contribution in [2.24, 2.45) is 0 Å². The molecule has 6 heteroatoms. The third-order valence-electron chi connectivity index (χ3n) is 3.26. The van der Waals surface area contributed by atoms with Crippen molar-refractivity contribution in [1.29, 1.82) is 0 Å². The van der Waals surface area contributed by atoms with Crippen molar-refractivity contribution in [2.45, 2.75) is 0 Å². The summed E-state index contributed by atoms with van der Waals surface area (Å²) in [5.74, 6) is -3.26. The number of hydrogen-bond acceptors (Lipinski definition) is 5. The molecule has 1 N–H and O–H groups in total. The number of carbonyl (C=O) groups excluding carboxylic acids is 2. The lowest BCUT2D eigenvalue weighted by atomic mass is 10.1. The first-order valence-corrected chi connectivity index (χ1v) is 6.71. The van der Waals surface area contributed by atoms with Crippen LogP contribution < -0.4 is 15.9 Å². The lowest BCUT2D eigenvalue weighted by Crippen LogP contribution is -2.37. The quantitative estimate of drug-likeness (QED) is 0.716. The van der Waals surface area contributed by atoms with Crippen LogP contribution in [0.4, 0.5) is 5.69 Å². The van der Waals surface area contributed by atoms with Gasteiger partial charge in [-0.15, -0.1) is 0 Å². The van der Waals surface area contributed by atoms with Gasteiger partial charge in [-0.05, 0) is 12.1 Å². The Labute approximate surface area is 130 Å². The van der Waals surface area contributed by atoms with Gasteiger partial charge in [0.25, 0.3) is 5.91 Å². The van der Waals surface area contributed by atoms with Gasteiger partial charge < -0.3 is 19.6 Å². The van der Waals surface area contributed by atoms with Crippen LogP contribution in [0.3, 0.4) is 0 Å². The molecule has 2 aromatic carbocycles. The molecular weight excluding hydrogens is 298 g/mol. The van der Waals surface area contributed by atoms with Crippen molar-refractivity contribution in [2.75, 3.05) is 5.32 Å². The largest absolute Gasteiger partial charge is 0.540 e. The van der Waals surface area contributed by atoms with Crippen molar-refractivity contribution in [3.05, 3.63) is 64.8 Å². The van der Waals surface area contributed by atoms with Crippen molar-refractivity contribution in [1.82, 2.24) is 0 Å². The highest BCUT2D eigenvalue weighted by atomic mass is 16.4. The third-order valence-corrected chi connectivity index (χ3v) is 3.26. The van der Waals surface area contributed by atoms with Crippen LogP contribution in [0.15, 0.2) is 63.8 Å². The molecule has 0 atom stereocenters. The number of hydrogen-bond donors (Lipinski definition) is 1. The van der Waals surface area contributed by atoms with E-state index in [1.165, 1.54) is 6.07 Å². The number of carboxylic acids is 1. The van der Waals surface area contributed by atoms with Crippen LogP contribution in [-0.4, -0.2) is 11.9 Å². The summed E-state index contributed by atoms with van der Waals surface area (Å²) in [6.45, 7) is 0. The number of nitrogens with one attached hydrogen (secondary N) is 1. The van der Waals surface area contributed by atoms with Crippen LogP contribution in [0.5, 0.6) is 0 Å². The Balaban J connectivity index is 2.30. The molecule has 0 fully saturated rings. The van der Waals surface area contributed by atoms with Gasteiger partial charge in [0.2, 0.25) is 5.43 Å². The summed E-state index contributed by atoms with van der Waals surface area (Å²) in [5, 5.41) is 13.0. The summed E-state index contributed by atoms with van der Waals surface area (Å²) in [7, 11) is 0. The fourth-order valence-corrected chi connectivity index (χ4v) is 2.21. The van der Waals surface area contributed by atoms with E-state index in [4.69, 9.17) is 4.42 Å². The zero-order valence-electron chi connectivity index (χ0n) is 11.7. The number of amides is 1. The first-order valence-electron chi connectivity index (χ1n) is 6.71. The maximum Gasteiger partial charge on any atom is 0.271 e. The van der Waals surface area contributed by atoms with Crippen LogP contribution in [0.1, 0.15) is 0 Å². The van der Waals surface area contributed by atoms with Crippen molar-refractivity contribution >= 4 is 28.5 Å². The summed E-state index contributed by atoms with van der Waals surface area (Å²) in [6.07, 6.45) is 0. The normalized spacial score (nSPS) is 10.4. The van der Waals surface area contributed by atoms with Crippen LogP contribution in [-0.2, 0) is 9.59 Å². The van der Waals surface area contributed by atoms with Gasteiger partial charge >= 0.3 is 0 Å². The zero-order valence-corrected chi connectivity index (χ0v) is 11.7. The smallest absolute Gasteiger partial charge is 0.271 e. The second-order valence-electron chi connectivity index (χ2n) is 4.74. The van der Waals surface area contributed by atoms with E-state index in [-0.39, 0.29) is 16.8 Å². The molecule has 0 aliphatic rings. The molecule has 0 saturated heterocycles. The molecule has 0 bridgehead atoms. The monoisotopic (exact) mass is 308 g/mol. The van der Waals surface area contributed by atoms with E-state index in [0.717, 1.165) is 0 Å². The zero-order chi connectivity index (χ0) is 16.4. The Morgan fingerprint density at radius 2 is 1.61 bits per heavy atom. The molecule has 3 aromatic rings. The van der Waals surface area contributed by atoms with Gasteiger partial charge in [-0.2, -0.15) is 0 Å². The predicted molar refractivity (Wildman–Crippen MR) is 81.6 cm³/mol. The minimum atomic E-state index is -1.93. The molecule has 0 unspecified atom stereocenters. The predicted octanol–water partition coefficient (Wildman–Crippen LogP) is 1.15. The molecule has 3 rings (SSSR count). The number of rotatable bonds is 2. The molecule has 1 heterocycles. The van der Waals surface area contributed by atoms with E-state index in [9.17, 15) is 19.5 Å². The average Bonchev–Trinajstić information content (AvgIpc) is 2.57. The lowest BCUT2D eigenvalue weighted by molar-refractivity contribution is -0.299. The summed E-state index contributed by atoms with van der Waals surface area (Å²) in [5.41, 5.74) is 0.108. The van der Waals surface area contributed by atoms with E-state index in [1.807, 2.05) is 0 Å². The highest BCUT2D eigenvalue weighted by molar-refractivity contribution is 6.35. The summed E-state index contributed by atoms with van der Waals surface area (Å²) >= 11 is 0. The molecule has 114 valence electrons. The van der Waals surface area contributed by atoms with Crippen molar-refractivity contribution < 1.29 is 19.1 Å². The van der Waals surface area contributed by atoms with E-state index in [2.05, 4.69) is 5.32 Å². The van der Waals surface area contributed by atoms with Gasteiger partial charge in [-0.3, -0.25) is 9.59 Å². The van der Waals surface area contributed by atoms with Gasteiger partial charge in [-0.1, -0.05) is 42.5 Å². The molecule has 6 nitrogen and oxygen atoms in total. The molecule has 1 aromatic heterocycles. The fraction of sp³-hybridized carbons (Fsp3) is 0. The third kappa shape index (κ3) is 2.69. The summed E-state index contributed by atoms with van der Waals surface area (Å²) in [4.78, 5) is 34.7. The second-order valence-corrected chi connectivity index (χ2v) is 4.74. The molecule has 23 heavy (non-hydrogen) atoms. The van der Waals surface area contributed by atoms with E-state index < -0.39 is 17.3 Å². The maximum absolute atomic E-state index is 12.6. The number of para-hydroxylation sites is 1. The molecule has 0 saturated carbocycles. The van der Waals surface area contributed by atoms with Gasteiger partial charge in [0.15, 0.2) is 5.76 Å². The van der Waals surface area contributed by atoms with Crippen LogP contribution in [0, 0.1) is 0 Å². The standard InChI is InChI=1S/C17H11NO5/c19-14-11-8-4-5-9-12(11)23-15(10-6-2-1-3-7-10)13(14)18-16(20)17(21)22/h1-9H,(H,18,20)(H,21,22)/p-1. The highest BCUT2D eigenvalue weighted by Gasteiger charge is 2.18. The summed E-state index contributed by atoms with van der Waals surface area (Å²) in [6, 6.07) is 15.1. The van der Waals surface area contributed by atoms with Crippen molar-refractivity contribution in [3.8, 4) is 11.3 Å². The first-order chi connectivity index (χ1) is 11.1. The second kappa shape index (κ2) is 5.76. The van der Waals surface area contributed by atoms with E-state index in [1.54, 1.807) is 48.5 Å². The van der Waals surface area contributed by atoms with Gasteiger partial charge in [0, 0.05) is 5.56 Å². The van der Waals surface area contributed by atoms with Crippen LogP contribution in [0.2, 0.25) is 0 Å². The Bertz CT molecular complexity index is 960. The summed E-state index contributed by atoms with van der Waals surface area (Å²) < 4.78 is 5.71. The maximum atomic E-state index is 12.6. The minimum absolute atomic E-state index is 0.0869. The minimum Gasteiger partial charge on any atom is -0.540 e. The van der Waals surface area contributed by atoms with Gasteiger partial charge in [0.1, 0.15) is 17.2 Å². The Morgan fingerprint density at radius 1 is 0.957 bits per heavy atom. The molecule has 0 aliphatic carbocycles. The number of fused-ring (bicyclic) bond motifs is 1. The molecule has 0 spiro atoms. The fourth-order valence-electron chi connectivity index (χ4n) is 2.21. The van der Waals surface area contributed by atoms with Crippen LogP contribution in [0.25, 0.3) is 22.3 Å². The van der Waals surface area contributed by atoms with Crippen molar-refractivity contribution in [3.63, 3.8) is 0 Å². The molecule has 0 aliphatic heterocycles. The SMILES string of the molecule is O=C([O-])C(=O)Nc1c(-c2ccccc2)oc2ccccc2c1=O. The van der Waals surface area contributed by atoms with E-state index >= 15 is 0 Å². The Morgan fingerprint density at radius 3 is 2.30 bits per heavy atom. The number of carbonyl (C=O) groups is 2. The number of carboxylic acid groups (broad SMARTS) is 1. The Kier molecular flexibility index (Phi) is 3.64. The topological polar surface area (TPSA) is 99.4 Å². The van der Waals surface area contributed by atoms with Crippen LogP contribution >= 0.6 is 0 Å². The van der Waals surface area contributed by atoms with Gasteiger partial charge in [0.05, 0.1) is 5.39 Å². The average molecular weight is 308 g/mol. The van der Waals surface area contributed by atoms with Gasteiger partial charge in [-0.25, -0.2) is 0 Å². The lowest BCUT2D eigenvalue weighted by Gasteiger charge is -2.11. The Hall–Kier alpha value is -3.41. The molecule has 0 radical (unpaired) electrons. The highest BCUT2D eigenvalue weighted by Crippen LogP contribution is 2.28. The molecule has 1 amide bonds. The number of aliphatic carboxylic acids is 1. The van der Waals surface area contributed by atoms with E-state index in [0.29, 0.717) is 11.1 Å². The molecular formula is C17H10NO5-. The first kappa shape index (κ1) is 14.5. The number of anilines is 1. The number of benzene rings is 2.